The second kappa shape index (κ2) is 7.51. The molecule has 32 heavy (non-hydrogen) atoms. The zero-order chi connectivity index (χ0) is 21.9. The second-order valence-electron chi connectivity index (χ2n) is 10.1. The summed E-state index contributed by atoms with van der Waals surface area (Å²) in [4.78, 5) is 41.0. The topological polar surface area (TPSA) is 88.1 Å². The molecule has 8 heteroatoms. The number of fused-ring (bicyclic) bond motifs is 1. The molecule has 0 unspecified atom stereocenters. The van der Waals surface area contributed by atoms with Gasteiger partial charge in [-0.25, -0.2) is 15.0 Å². The molecule has 5 aliphatic rings. The predicted octanol–water partition coefficient (Wildman–Crippen LogP) is 3.88. The van der Waals surface area contributed by atoms with E-state index in [1.165, 1.54) is 25.6 Å². The summed E-state index contributed by atoms with van der Waals surface area (Å²) in [5.41, 5.74) is 1.88. The van der Waals surface area contributed by atoms with Gasteiger partial charge in [0.05, 0.1) is 23.2 Å². The monoisotopic (exact) mass is 451 g/mol. The molecule has 1 aliphatic heterocycles. The van der Waals surface area contributed by atoms with Crippen LogP contribution in [0.3, 0.4) is 0 Å². The molecule has 0 radical (unpaired) electrons. The zero-order valence-electron chi connectivity index (χ0n) is 17.9. The molecule has 0 aromatic carbocycles. The maximum Gasteiger partial charge on any atom is 0.257 e. The van der Waals surface area contributed by atoms with E-state index in [0.717, 1.165) is 30.5 Å². The molecule has 3 heterocycles. The van der Waals surface area contributed by atoms with Crippen molar-refractivity contribution >= 4 is 29.2 Å². The summed E-state index contributed by atoms with van der Waals surface area (Å²) in [5.74, 6) is 2.73. The number of nitrogens with one attached hydrogen (secondary N) is 1. The quantitative estimate of drug-likeness (QED) is 0.715. The Morgan fingerprint density at radius 3 is 2.47 bits per heavy atom. The van der Waals surface area contributed by atoms with E-state index in [0.29, 0.717) is 48.6 Å². The lowest BCUT2D eigenvalue weighted by molar-refractivity contribution is -0.140. The van der Waals surface area contributed by atoms with Gasteiger partial charge in [-0.3, -0.25) is 9.59 Å². The number of nitrogens with zero attached hydrogens (tertiary/aromatic N) is 4. The predicted molar refractivity (Wildman–Crippen MR) is 119 cm³/mol. The summed E-state index contributed by atoms with van der Waals surface area (Å²) in [6.45, 7) is 0.882. The van der Waals surface area contributed by atoms with Gasteiger partial charge in [0.25, 0.3) is 5.91 Å². The van der Waals surface area contributed by atoms with Crippen LogP contribution < -0.4 is 5.32 Å². The van der Waals surface area contributed by atoms with E-state index in [9.17, 15) is 9.59 Å². The van der Waals surface area contributed by atoms with Gasteiger partial charge in [-0.1, -0.05) is 11.6 Å². The van der Waals surface area contributed by atoms with Gasteiger partial charge >= 0.3 is 0 Å². The fraction of sp³-hybridized carbons (Fsp3) is 0.542. The molecule has 0 saturated heterocycles. The Morgan fingerprint density at radius 2 is 1.78 bits per heavy atom. The van der Waals surface area contributed by atoms with Crippen LogP contribution in [0, 0.1) is 23.2 Å². The minimum Gasteiger partial charge on any atom is -0.332 e. The van der Waals surface area contributed by atoms with E-state index < -0.39 is 0 Å². The fourth-order valence-electron chi connectivity index (χ4n) is 6.98. The van der Waals surface area contributed by atoms with Gasteiger partial charge in [0.15, 0.2) is 0 Å². The largest absolute Gasteiger partial charge is 0.332 e. The van der Waals surface area contributed by atoms with E-state index in [1.54, 1.807) is 23.2 Å². The number of hydrogen-bond donors (Lipinski definition) is 1. The van der Waals surface area contributed by atoms with Crippen molar-refractivity contribution in [2.75, 3.05) is 11.9 Å². The molecule has 4 fully saturated rings. The maximum absolute atomic E-state index is 13.5. The van der Waals surface area contributed by atoms with Crippen LogP contribution in [0.5, 0.6) is 0 Å². The van der Waals surface area contributed by atoms with Gasteiger partial charge < -0.3 is 10.2 Å². The standard InChI is InChI=1S/C24H26ClN5O2/c25-20-18(2-1-4-26-20)22(31)30-5-3-17-19(12-30)27-13-28-21(17)29-23(32)24-9-14-6-15(10-24)8-16(7-14)11-24/h1-2,4,13-16H,3,5-12H2,(H,27,28,29,32). The Labute approximate surface area is 192 Å². The Morgan fingerprint density at radius 1 is 1.06 bits per heavy atom. The van der Waals surface area contributed by atoms with Crippen LogP contribution in [0.25, 0.3) is 0 Å². The number of rotatable bonds is 3. The third kappa shape index (κ3) is 3.29. The van der Waals surface area contributed by atoms with Crippen LogP contribution in [-0.4, -0.2) is 38.2 Å². The maximum atomic E-state index is 13.5. The molecule has 2 aromatic rings. The molecule has 0 atom stereocenters. The Bertz CT molecular complexity index is 1070. The lowest BCUT2D eigenvalue weighted by Gasteiger charge is -2.55. The lowest BCUT2D eigenvalue weighted by atomic mass is 9.49. The highest BCUT2D eigenvalue weighted by molar-refractivity contribution is 6.32. The minimum atomic E-state index is -0.222. The van der Waals surface area contributed by atoms with Crippen molar-refractivity contribution in [2.24, 2.45) is 23.2 Å². The average Bonchev–Trinajstić information content (AvgIpc) is 2.78. The summed E-state index contributed by atoms with van der Waals surface area (Å²) in [7, 11) is 0. The Hall–Kier alpha value is -2.54. The van der Waals surface area contributed by atoms with Crippen molar-refractivity contribution < 1.29 is 9.59 Å². The van der Waals surface area contributed by atoms with E-state index in [1.807, 2.05) is 0 Å². The van der Waals surface area contributed by atoms with Gasteiger partial charge in [0, 0.05) is 18.3 Å². The number of anilines is 1. The van der Waals surface area contributed by atoms with Crippen molar-refractivity contribution in [1.29, 1.82) is 0 Å². The number of amides is 2. The summed E-state index contributed by atoms with van der Waals surface area (Å²) in [6.07, 6.45) is 10.6. The first-order valence-corrected chi connectivity index (χ1v) is 11.9. The first-order valence-electron chi connectivity index (χ1n) is 11.5. The summed E-state index contributed by atoms with van der Waals surface area (Å²) < 4.78 is 0. The molecule has 2 amide bonds. The third-order valence-electron chi connectivity index (χ3n) is 8.04. The smallest absolute Gasteiger partial charge is 0.257 e. The number of pyridine rings is 1. The van der Waals surface area contributed by atoms with Crippen LogP contribution in [0.4, 0.5) is 5.82 Å². The van der Waals surface area contributed by atoms with E-state index in [-0.39, 0.29) is 22.4 Å². The average molecular weight is 452 g/mol. The van der Waals surface area contributed by atoms with Crippen LogP contribution in [0.2, 0.25) is 5.15 Å². The molecule has 4 bridgehead atoms. The van der Waals surface area contributed by atoms with Gasteiger partial charge in [0.1, 0.15) is 17.3 Å². The fourth-order valence-corrected chi connectivity index (χ4v) is 7.18. The molecule has 7 rings (SSSR count). The van der Waals surface area contributed by atoms with Gasteiger partial charge in [-0.05, 0) is 74.8 Å². The third-order valence-corrected chi connectivity index (χ3v) is 8.34. The highest BCUT2D eigenvalue weighted by Crippen LogP contribution is 2.60. The van der Waals surface area contributed by atoms with Crippen LogP contribution in [-0.2, 0) is 17.8 Å². The van der Waals surface area contributed by atoms with Crippen molar-refractivity contribution in [3.63, 3.8) is 0 Å². The molecule has 4 saturated carbocycles. The van der Waals surface area contributed by atoms with E-state index in [2.05, 4.69) is 20.3 Å². The van der Waals surface area contributed by atoms with Crippen molar-refractivity contribution in [3.05, 3.63) is 46.6 Å². The molecule has 0 spiro atoms. The SMILES string of the molecule is O=C(c1cccnc1Cl)N1CCc2c(ncnc2NC(=O)C23CC4CC(CC(C4)C2)C3)C1. The molecule has 166 valence electrons. The van der Waals surface area contributed by atoms with Crippen molar-refractivity contribution in [3.8, 4) is 0 Å². The lowest BCUT2D eigenvalue weighted by Crippen LogP contribution is -2.52. The van der Waals surface area contributed by atoms with Gasteiger partial charge in [-0.2, -0.15) is 0 Å². The minimum absolute atomic E-state index is 0.137. The highest BCUT2D eigenvalue weighted by atomic mass is 35.5. The molecule has 1 N–H and O–H groups in total. The number of carbonyl (C=O) groups is 2. The number of carbonyl (C=O) groups excluding carboxylic acids is 2. The van der Waals surface area contributed by atoms with Crippen molar-refractivity contribution in [1.82, 2.24) is 19.9 Å². The van der Waals surface area contributed by atoms with E-state index in [4.69, 9.17) is 11.6 Å². The van der Waals surface area contributed by atoms with Gasteiger partial charge in [0.2, 0.25) is 5.91 Å². The van der Waals surface area contributed by atoms with Crippen LogP contribution >= 0.6 is 11.6 Å². The zero-order valence-corrected chi connectivity index (χ0v) is 18.6. The molecular weight excluding hydrogens is 426 g/mol. The number of halogens is 1. The summed E-state index contributed by atoms with van der Waals surface area (Å²) in [6, 6.07) is 3.39. The van der Waals surface area contributed by atoms with Crippen LogP contribution in [0.15, 0.2) is 24.7 Å². The summed E-state index contributed by atoms with van der Waals surface area (Å²) in [5, 5.41) is 3.39. The molecule has 7 nitrogen and oxygen atoms in total. The van der Waals surface area contributed by atoms with Crippen molar-refractivity contribution in [2.45, 2.75) is 51.5 Å². The number of aromatic nitrogens is 3. The Kier molecular flexibility index (Phi) is 4.72. The second-order valence-corrected chi connectivity index (χ2v) is 10.5. The summed E-state index contributed by atoms with van der Waals surface area (Å²) >= 11 is 6.12. The van der Waals surface area contributed by atoms with E-state index >= 15 is 0 Å². The van der Waals surface area contributed by atoms with Crippen LogP contribution in [0.1, 0.15) is 60.1 Å². The molecule has 2 aromatic heterocycles. The number of hydrogen-bond acceptors (Lipinski definition) is 5. The molecular formula is C24H26ClN5O2. The first-order chi connectivity index (χ1) is 15.5. The highest BCUT2D eigenvalue weighted by Gasteiger charge is 2.54. The first kappa shape index (κ1) is 20.1. The normalized spacial score (nSPS) is 30.2. The Balaban J connectivity index is 1.21. The molecule has 4 aliphatic carbocycles. The van der Waals surface area contributed by atoms with Gasteiger partial charge in [-0.15, -0.1) is 0 Å².